The van der Waals surface area contributed by atoms with Crippen molar-refractivity contribution in [2.75, 3.05) is 7.05 Å². The van der Waals surface area contributed by atoms with E-state index >= 15 is 0 Å². The zero-order valence-corrected chi connectivity index (χ0v) is 13.9. The van der Waals surface area contributed by atoms with Crippen LogP contribution < -0.4 is 5.32 Å². The number of benzene rings is 2. The third-order valence-electron chi connectivity index (χ3n) is 3.35. The summed E-state index contributed by atoms with van der Waals surface area (Å²) in [5, 5.41) is 3.43. The molecule has 0 bridgehead atoms. The highest BCUT2D eigenvalue weighted by atomic mass is 127. The summed E-state index contributed by atoms with van der Waals surface area (Å²) in [6, 6.07) is 15.9. The van der Waals surface area contributed by atoms with E-state index in [-0.39, 0.29) is 0 Å². The standard InChI is InChI=1S/C17H20IN/c1-12-8-13(2)10-15(9-12)17(19-3)11-14-4-6-16(18)7-5-14/h4-10,17,19H,11H2,1-3H3. The Balaban J connectivity index is 2.22. The molecule has 0 amide bonds. The molecule has 2 aromatic carbocycles. The first-order chi connectivity index (χ1) is 9.08. The van der Waals surface area contributed by atoms with E-state index in [0.717, 1.165) is 6.42 Å². The third kappa shape index (κ3) is 4.05. The summed E-state index contributed by atoms with van der Waals surface area (Å²) in [4.78, 5) is 0. The minimum absolute atomic E-state index is 0.374. The lowest BCUT2D eigenvalue weighted by molar-refractivity contribution is 0.591. The average Bonchev–Trinajstić information content (AvgIpc) is 2.37. The molecule has 0 heterocycles. The van der Waals surface area contributed by atoms with Crippen molar-refractivity contribution in [3.8, 4) is 0 Å². The number of nitrogens with one attached hydrogen (secondary N) is 1. The van der Waals surface area contributed by atoms with Crippen molar-refractivity contribution in [2.45, 2.75) is 26.3 Å². The topological polar surface area (TPSA) is 12.0 Å². The van der Waals surface area contributed by atoms with Crippen LogP contribution in [0.15, 0.2) is 42.5 Å². The molecule has 1 nitrogen and oxygen atoms in total. The Morgan fingerprint density at radius 3 is 2.11 bits per heavy atom. The molecule has 1 atom stereocenters. The molecular weight excluding hydrogens is 345 g/mol. The Morgan fingerprint density at radius 2 is 1.58 bits per heavy atom. The average molecular weight is 365 g/mol. The second-order valence-corrected chi connectivity index (χ2v) is 6.34. The Morgan fingerprint density at radius 1 is 1.00 bits per heavy atom. The fraction of sp³-hybridized carbons (Fsp3) is 0.294. The molecule has 19 heavy (non-hydrogen) atoms. The van der Waals surface area contributed by atoms with Gasteiger partial charge in [0, 0.05) is 9.61 Å². The zero-order valence-electron chi connectivity index (χ0n) is 11.7. The van der Waals surface area contributed by atoms with Gasteiger partial charge in [0.25, 0.3) is 0 Å². The van der Waals surface area contributed by atoms with Crippen molar-refractivity contribution in [1.82, 2.24) is 5.32 Å². The van der Waals surface area contributed by atoms with Crippen molar-refractivity contribution in [3.63, 3.8) is 0 Å². The van der Waals surface area contributed by atoms with Crippen molar-refractivity contribution in [3.05, 3.63) is 68.3 Å². The van der Waals surface area contributed by atoms with Gasteiger partial charge in [0.2, 0.25) is 0 Å². The Kier molecular flexibility index (Phi) is 4.99. The van der Waals surface area contributed by atoms with Crippen LogP contribution in [0.3, 0.4) is 0 Å². The van der Waals surface area contributed by atoms with E-state index in [0.29, 0.717) is 6.04 Å². The number of hydrogen-bond acceptors (Lipinski definition) is 1. The fourth-order valence-corrected chi connectivity index (χ4v) is 2.81. The van der Waals surface area contributed by atoms with Crippen LogP contribution in [0.5, 0.6) is 0 Å². The lowest BCUT2D eigenvalue weighted by atomic mass is 9.96. The second kappa shape index (κ2) is 6.53. The van der Waals surface area contributed by atoms with Gasteiger partial charge in [-0.25, -0.2) is 0 Å². The quantitative estimate of drug-likeness (QED) is 0.792. The molecule has 1 N–H and O–H groups in total. The molecule has 0 aliphatic rings. The monoisotopic (exact) mass is 365 g/mol. The molecule has 0 spiro atoms. The highest BCUT2D eigenvalue weighted by Gasteiger charge is 2.10. The summed E-state index contributed by atoms with van der Waals surface area (Å²) in [5.74, 6) is 0. The Hall–Kier alpha value is -0.870. The molecular formula is C17H20IN. The molecule has 0 radical (unpaired) electrons. The summed E-state index contributed by atoms with van der Waals surface area (Å²) in [6.07, 6.45) is 1.02. The fourth-order valence-electron chi connectivity index (χ4n) is 2.45. The van der Waals surface area contributed by atoms with Crippen molar-refractivity contribution in [1.29, 1.82) is 0 Å². The number of aryl methyl sites for hydroxylation is 2. The third-order valence-corrected chi connectivity index (χ3v) is 4.07. The molecule has 100 valence electrons. The smallest absolute Gasteiger partial charge is 0.0358 e. The van der Waals surface area contributed by atoms with Crippen LogP contribution >= 0.6 is 22.6 Å². The van der Waals surface area contributed by atoms with Crippen LogP contribution in [-0.4, -0.2) is 7.05 Å². The summed E-state index contributed by atoms with van der Waals surface area (Å²) < 4.78 is 1.29. The van der Waals surface area contributed by atoms with Crippen molar-refractivity contribution >= 4 is 22.6 Å². The van der Waals surface area contributed by atoms with E-state index < -0.39 is 0 Å². The SMILES string of the molecule is CNC(Cc1ccc(I)cc1)c1cc(C)cc(C)c1. The van der Waals surface area contributed by atoms with Gasteiger partial charge < -0.3 is 5.32 Å². The van der Waals surface area contributed by atoms with E-state index in [1.807, 2.05) is 7.05 Å². The second-order valence-electron chi connectivity index (χ2n) is 5.09. The summed E-state index contributed by atoms with van der Waals surface area (Å²) in [6.45, 7) is 4.32. The molecule has 0 saturated heterocycles. The van der Waals surface area contributed by atoms with Gasteiger partial charge in [-0.05, 0) is 73.2 Å². The van der Waals surface area contributed by atoms with Gasteiger partial charge in [0.05, 0.1) is 0 Å². The molecule has 0 saturated carbocycles. The summed E-state index contributed by atoms with van der Waals surface area (Å²) >= 11 is 2.34. The lowest BCUT2D eigenvalue weighted by Gasteiger charge is -2.18. The van der Waals surface area contributed by atoms with E-state index in [1.54, 1.807) is 0 Å². The Bertz CT molecular complexity index is 525. The van der Waals surface area contributed by atoms with Gasteiger partial charge in [-0.2, -0.15) is 0 Å². The minimum Gasteiger partial charge on any atom is -0.313 e. The predicted molar refractivity (Wildman–Crippen MR) is 90.6 cm³/mol. The molecule has 0 aromatic heterocycles. The first-order valence-electron chi connectivity index (χ1n) is 6.58. The highest BCUT2D eigenvalue weighted by Crippen LogP contribution is 2.21. The van der Waals surface area contributed by atoms with E-state index in [2.05, 4.69) is 84.2 Å². The van der Waals surface area contributed by atoms with Gasteiger partial charge in [-0.15, -0.1) is 0 Å². The molecule has 0 aliphatic heterocycles. The first-order valence-corrected chi connectivity index (χ1v) is 7.66. The van der Waals surface area contributed by atoms with Gasteiger partial charge in [0.15, 0.2) is 0 Å². The molecule has 1 unspecified atom stereocenters. The molecule has 0 aliphatic carbocycles. The van der Waals surface area contributed by atoms with E-state index in [1.165, 1.54) is 25.8 Å². The van der Waals surface area contributed by atoms with Gasteiger partial charge in [-0.1, -0.05) is 41.5 Å². The van der Waals surface area contributed by atoms with Crippen molar-refractivity contribution in [2.24, 2.45) is 0 Å². The van der Waals surface area contributed by atoms with Crippen LogP contribution in [0.4, 0.5) is 0 Å². The van der Waals surface area contributed by atoms with Crippen molar-refractivity contribution < 1.29 is 0 Å². The molecule has 2 rings (SSSR count). The van der Waals surface area contributed by atoms with Crippen LogP contribution in [0, 0.1) is 17.4 Å². The largest absolute Gasteiger partial charge is 0.313 e. The first kappa shape index (κ1) is 14.5. The number of rotatable bonds is 4. The van der Waals surface area contributed by atoms with Crippen LogP contribution in [-0.2, 0) is 6.42 Å². The maximum absolute atomic E-state index is 3.43. The highest BCUT2D eigenvalue weighted by molar-refractivity contribution is 14.1. The van der Waals surface area contributed by atoms with Crippen LogP contribution in [0.2, 0.25) is 0 Å². The van der Waals surface area contributed by atoms with Gasteiger partial charge in [-0.3, -0.25) is 0 Å². The zero-order chi connectivity index (χ0) is 13.8. The lowest BCUT2D eigenvalue weighted by Crippen LogP contribution is -2.19. The normalized spacial score (nSPS) is 12.4. The summed E-state index contributed by atoms with van der Waals surface area (Å²) in [7, 11) is 2.04. The number of likely N-dealkylation sites (N-methyl/N-ethyl adjacent to an activating group) is 1. The number of hydrogen-bond donors (Lipinski definition) is 1. The maximum atomic E-state index is 3.43. The molecule has 0 fully saturated rings. The maximum Gasteiger partial charge on any atom is 0.0358 e. The molecule has 2 heteroatoms. The minimum atomic E-state index is 0.374. The van der Waals surface area contributed by atoms with Crippen LogP contribution in [0.25, 0.3) is 0 Å². The summed E-state index contributed by atoms with van der Waals surface area (Å²) in [5.41, 5.74) is 5.41. The van der Waals surface area contributed by atoms with E-state index in [9.17, 15) is 0 Å². The predicted octanol–water partition coefficient (Wildman–Crippen LogP) is 4.41. The number of halogens is 1. The van der Waals surface area contributed by atoms with Gasteiger partial charge >= 0.3 is 0 Å². The Labute approximate surface area is 129 Å². The molecule has 2 aromatic rings. The van der Waals surface area contributed by atoms with Crippen LogP contribution in [0.1, 0.15) is 28.3 Å². The van der Waals surface area contributed by atoms with Gasteiger partial charge in [0.1, 0.15) is 0 Å². The van der Waals surface area contributed by atoms with E-state index in [4.69, 9.17) is 0 Å².